The summed E-state index contributed by atoms with van der Waals surface area (Å²) in [6.45, 7) is 11.6. The topological polar surface area (TPSA) is 50.8 Å². The highest BCUT2D eigenvalue weighted by Crippen LogP contribution is 2.10. The lowest BCUT2D eigenvalue weighted by atomic mass is 10.0. The highest BCUT2D eigenvalue weighted by Gasteiger charge is 2.23. The van der Waals surface area contributed by atoms with Gasteiger partial charge in [0.15, 0.2) is 0 Å². The van der Waals surface area contributed by atoms with Crippen LogP contribution in [0.15, 0.2) is 0 Å². The quantitative estimate of drug-likeness (QED) is 0.803. The smallest absolute Gasteiger partial charge is 0.317 e. The number of nitrogens with zero attached hydrogens (tertiary/aromatic N) is 1. The molecular formula is C14H28N2O3. The molecule has 0 saturated carbocycles. The zero-order chi connectivity index (χ0) is 14.3. The minimum Gasteiger partial charge on any atom is -0.378 e. The summed E-state index contributed by atoms with van der Waals surface area (Å²) in [4.78, 5) is 13.9. The van der Waals surface area contributed by atoms with E-state index in [2.05, 4.69) is 19.2 Å². The Morgan fingerprint density at radius 3 is 2.84 bits per heavy atom. The lowest BCUT2D eigenvalue weighted by Crippen LogP contribution is -2.51. The molecule has 1 N–H and O–H groups in total. The Balaban J connectivity index is 2.29. The fraction of sp³-hybridized carbons (Fsp3) is 0.929. The van der Waals surface area contributed by atoms with Gasteiger partial charge in [-0.3, -0.25) is 0 Å². The van der Waals surface area contributed by atoms with Crippen molar-refractivity contribution in [1.29, 1.82) is 0 Å². The predicted molar refractivity (Wildman–Crippen MR) is 75.3 cm³/mol. The maximum Gasteiger partial charge on any atom is 0.317 e. The van der Waals surface area contributed by atoms with Crippen molar-refractivity contribution in [2.45, 2.75) is 46.3 Å². The Labute approximate surface area is 116 Å². The van der Waals surface area contributed by atoms with E-state index in [4.69, 9.17) is 9.47 Å². The molecule has 1 rings (SSSR count). The Morgan fingerprint density at radius 2 is 2.26 bits per heavy atom. The van der Waals surface area contributed by atoms with Crippen LogP contribution in [-0.4, -0.2) is 56.0 Å². The van der Waals surface area contributed by atoms with Crippen molar-refractivity contribution >= 4 is 6.03 Å². The first kappa shape index (κ1) is 16.2. The molecule has 5 heteroatoms. The van der Waals surface area contributed by atoms with Gasteiger partial charge in [0.25, 0.3) is 0 Å². The number of morpholine rings is 1. The van der Waals surface area contributed by atoms with E-state index in [0.717, 1.165) is 13.0 Å². The van der Waals surface area contributed by atoms with Crippen molar-refractivity contribution < 1.29 is 14.3 Å². The molecule has 0 bridgehead atoms. The summed E-state index contributed by atoms with van der Waals surface area (Å²) < 4.78 is 11.0. The van der Waals surface area contributed by atoms with Gasteiger partial charge in [-0.05, 0) is 26.2 Å². The largest absolute Gasteiger partial charge is 0.378 e. The van der Waals surface area contributed by atoms with Gasteiger partial charge in [0.2, 0.25) is 0 Å². The molecule has 112 valence electrons. The van der Waals surface area contributed by atoms with Crippen LogP contribution < -0.4 is 5.32 Å². The molecule has 1 aliphatic rings. The normalized spacial score (nSPS) is 21.5. The third-order valence-corrected chi connectivity index (χ3v) is 3.46. The molecule has 0 aromatic heterocycles. The van der Waals surface area contributed by atoms with Crippen LogP contribution in [0.5, 0.6) is 0 Å². The van der Waals surface area contributed by atoms with Gasteiger partial charge in [0, 0.05) is 19.7 Å². The monoisotopic (exact) mass is 272 g/mol. The fourth-order valence-electron chi connectivity index (χ4n) is 2.27. The molecule has 0 aliphatic carbocycles. The molecule has 5 nitrogen and oxygen atoms in total. The van der Waals surface area contributed by atoms with E-state index in [1.807, 2.05) is 18.7 Å². The number of carbonyl (C=O) groups is 1. The van der Waals surface area contributed by atoms with Gasteiger partial charge in [-0.1, -0.05) is 13.8 Å². The van der Waals surface area contributed by atoms with Gasteiger partial charge in [-0.15, -0.1) is 0 Å². The van der Waals surface area contributed by atoms with Gasteiger partial charge in [0.1, 0.15) is 0 Å². The van der Waals surface area contributed by atoms with Crippen LogP contribution in [0.3, 0.4) is 0 Å². The summed E-state index contributed by atoms with van der Waals surface area (Å²) in [7, 11) is 0. The van der Waals surface area contributed by atoms with E-state index in [1.165, 1.54) is 0 Å². The molecule has 2 amide bonds. The Hall–Kier alpha value is -0.810. The van der Waals surface area contributed by atoms with Gasteiger partial charge in [-0.25, -0.2) is 4.79 Å². The first-order chi connectivity index (χ1) is 9.06. The van der Waals surface area contributed by atoms with Crippen molar-refractivity contribution in [2.75, 3.05) is 32.9 Å². The summed E-state index contributed by atoms with van der Waals surface area (Å²) in [5.74, 6) is 0.471. The van der Waals surface area contributed by atoms with Crippen molar-refractivity contribution in [3.63, 3.8) is 0 Å². The van der Waals surface area contributed by atoms with E-state index in [9.17, 15) is 4.79 Å². The van der Waals surface area contributed by atoms with Gasteiger partial charge in [0.05, 0.1) is 25.4 Å². The third-order valence-electron chi connectivity index (χ3n) is 3.46. The second kappa shape index (κ2) is 8.38. The minimum absolute atomic E-state index is 0.00908. The maximum atomic E-state index is 12.0. The SMILES string of the molecule is CCO[C@@H](CCNC(=O)N1CCOC[C@H]1C)C(C)C. The first-order valence-electron chi connectivity index (χ1n) is 7.30. The molecule has 19 heavy (non-hydrogen) atoms. The average Bonchev–Trinajstić information content (AvgIpc) is 2.37. The van der Waals surface area contributed by atoms with Crippen LogP contribution in [-0.2, 0) is 9.47 Å². The summed E-state index contributed by atoms with van der Waals surface area (Å²) in [6, 6.07) is 0.163. The van der Waals surface area contributed by atoms with Crippen LogP contribution in [0.1, 0.15) is 34.1 Å². The first-order valence-corrected chi connectivity index (χ1v) is 7.30. The number of rotatable bonds is 6. The number of urea groups is 1. The van der Waals surface area contributed by atoms with E-state index >= 15 is 0 Å². The second-order valence-corrected chi connectivity index (χ2v) is 5.38. The van der Waals surface area contributed by atoms with Crippen LogP contribution in [0.25, 0.3) is 0 Å². The molecule has 0 unspecified atom stereocenters. The fourth-order valence-corrected chi connectivity index (χ4v) is 2.27. The van der Waals surface area contributed by atoms with Crippen molar-refractivity contribution in [2.24, 2.45) is 5.92 Å². The molecule has 0 spiro atoms. The van der Waals surface area contributed by atoms with E-state index in [-0.39, 0.29) is 18.2 Å². The van der Waals surface area contributed by atoms with Crippen molar-refractivity contribution in [3.8, 4) is 0 Å². The van der Waals surface area contributed by atoms with Crippen LogP contribution in [0.4, 0.5) is 4.79 Å². The number of carbonyl (C=O) groups excluding carboxylic acids is 1. The lowest BCUT2D eigenvalue weighted by molar-refractivity contribution is 0.0160. The highest BCUT2D eigenvalue weighted by molar-refractivity contribution is 5.74. The summed E-state index contributed by atoms with van der Waals surface area (Å²) in [6.07, 6.45) is 1.07. The van der Waals surface area contributed by atoms with E-state index < -0.39 is 0 Å². The average molecular weight is 272 g/mol. The third kappa shape index (κ3) is 5.37. The Bertz CT molecular complexity index is 271. The number of nitrogens with one attached hydrogen (secondary N) is 1. The van der Waals surface area contributed by atoms with Crippen LogP contribution in [0.2, 0.25) is 0 Å². The van der Waals surface area contributed by atoms with Gasteiger partial charge >= 0.3 is 6.03 Å². The predicted octanol–water partition coefficient (Wildman–Crippen LogP) is 1.87. The standard InChI is InChI=1S/C14H28N2O3/c1-5-19-13(11(2)3)6-7-15-14(17)16-8-9-18-10-12(16)4/h11-13H,5-10H2,1-4H3,(H,15,17)/t12-,13+/m1/s1. The zero-order valence-electron chi connectivity index (χ0n) is 12.6. The molecule has 1 heterocycles. The zero-order valence-corrected chi connectivity index (χ0v) is 12.6. The van der Waals surface area contributed by atoms with E-state index in [1.54, 1.807) is 0 Å². The number of amides is 2. The summed E-state index contributed by atoms with van der Waals surface area (Å²) in [5, 5.41) is 2.98. The highest BCUT2D eigenvalue weighted by atomic mass is 16.5. The van der Waals surface area contributed by atoms with Gasteiger partial charge < -0.3 is 19.7 Å². The molecular weight excluding hydrogens is 244 g/mol. The van der Waals surface area contributed by atoms with E-state index in [0.29, 0.717) is 32.2 Å². The van der Waals surface area contributed by atoms with Crippen LogP contribution >= 0.6 is 0 Å². The van der Waals surface area contributed by atoms with Crippen LogP contribution in [0, 0.1) is 5.92 Å². The number of ether oxygens (including phenoxy) is 2. The van der Waals surface area contributed by atoms with Gasteiger partial charge in [-0.2, -0.15) is 0 Å². The molecule has 2 atom stereocenters. The molecule has 1 aliphatic heterocycles. The Kier molecular flexibility index (Phi) is 7.16. The van der Waals surface area contributed by atoms with Crippen molar-refractivity contribution in [1.82, 2.24) is 10.2 Å². The minimum atomic E-state index is 0.00908. The maximum absolute atomic E-state index is 12.0. The molecule has 0 aromatic rings. The number of hydrogen-bond donors (Lipinski definition) is 1. The Morgan fingerprint density at radius 1 is 1.53 bits per heavy atom. The summed E-state index contributed by atoms with van der Waals surface area (Å²) in [5.41, 5.74) is 0. The molecule has 0 aromatic carbocycles. The molecule has 0 radical (unpaired) electrons. The summed E-state index contributed by atoms with van der Waals surface area (Å²) >= 11 is 0. The molecule has 1 fully saturated rings. The number of hydrogen-bond acceptors (Lipinski definition) is 3. The molecule has 1 saturated heterocycles. The lowest BCUT2D eigenvalue weighted by Gasteiger charge is -2.33. The second-order valence-electron chi connectivity index (χ2n) is 5.38. The van der Waals surface area contributed by atoms with Crippen molar-refractivity contribution in [3.05, 3.63) is 0 Å².